The van der Waals surface area contributed by atoms with Crippen LogP contribution in [0.4, 0.5) is 5.69 Å². The summed E-state index contributed by atoms with van der Waals surface area (Å²) in [4.78, 5) is 26.2. The van der Waals surface area contributed by atoms with E-state index in [9.17, 15) is 9.59 Å². The van der Waals surface area contributed by atoms with Gasteiger partial charge in [-0.3, -0.25) is 20.4 Å². The Bertz CT molecular complexity index is 762. The maximum atomic E-state index is 12.2. The third kappa shape index (κ3) is 4.17. The zero-order chi connectivity index (χ0) is 17.7. The molecule has 0 unspecified atom stereocenters. The Balaban J connectivity index is 2.06. The number of halogens is 1. The smallest absolute Gasteiger partial charge is 0.273 e. The molecule has 0 saturated carbocycles. The van der Waals surface area contributed by atoms with Gasteiger partial charge >= 0.3 is 0 Å². The Morgan fingerprint density at radius 3 is 2.42 bits per heavy atom. The predicted molar refractivity (Wildman–Crippen MR) is 93.7 cm³/mol. The first-order valence-electron chi connectivity index (χ1n) is 7.14. The highest BCUT2D eigenvalue weighted by molar-refractivity contribution is 6.30. The number of rotatable bonds is 4. The van der Waals surface area contributed by atoms with Gasteiger partial charge in [0.05, 0.1) is 12.7 Å². The van der Waals surface area contributed by atoms with Crippen molar-refractivity contribution in [1.29, 1.82) is 0 Å². The maximum Gasteiger partial charge on any atom is 0.273 e. The number of nitrogens with one attached hydrogen (secondary N) is 2. The number of hydrogen-bond acceptors (Lipinski definition) is 4. The van der Waals surface area contributed by atoms with Crippen LogP contribution in [-0.4, -0.2) is 33.0 Å². The highest BCUT2D eigenvalue weighted by atomic mass is 35.5. The number of benzene rings is 2. The maximum absolute atomic E-state index is 12.2. The minimum Gasteiger partial charge on any atom is -0.496 e. The van der Waals surface area contributed by atoms with Crippen LogP contribution in [0.3, 0.4) is 0 Å². The number of carbonyl (C=O) groups is 2. The second-order valence-electron chi connectivity index (χ2n) is 5.20. The van der Waals surface area contributed by atoms with Gasteiger partial charge in [-0.1, -0.05) is 17.7 Å². The fraction of sp³-hybridized carbons (Fsp3) is 0.176. The molecule has 2 aromatic carbocycles. The molecule has 2 aromatic rings. The highest BCUT2D eigenvalue weighted by Gasteiger charge is 2.14. The zero-order valence-electron chi connectivity index (χ0n) is 13.6. The van der Waals surface area contributed by atoms with Gasteiger partial charge in [-0.15, -0.1) is 0 Å². The van der Waals surface area contributed by atoms with Crippen molar-refractivity contribution in [3.63, 3.8) is 0 Å². The number of carbonyl (C=O) groups excluding carboxylic acids is 2. The van der Waals surface area contributed by atoms with Crippen LogP contribution in [0.1, 0.15) is 20.7 Å². The van der Waals surface area contributed by atoms with E-state index in [1.165, 1.54) is 19.2 Å². The minimum absolute atomic E-state index is 0.268. The molecule has 0 radical (unpaired) electrons. The fourth-order valence-electron chi connectivity index (χ4n) is 2.03. The van der Waals surface area contributed by atoms with E-state index < -0.39 is 11.8 Å². The van der Waals surface area contributed by atoms with Crippen molar-refractivity contribution in [2.75, 3.05) is 26.1 Å². The summed E-state index contributed by atoms with van der Waals surface area (Å²) >= 11 is 5.86. The molecule has 2 rings (SSSR count). The van der Waals surface area contributed by atoms with Gasteiger partial charge in [0.1, 0.15) is 5.75 Å². The Morgan fingerprint density at radius 1 is 1.04 bits per heavy atom. The quantitative estimate of drug-likeness (QED) is 0.834. The van der Waals surface area contributed by atoms with Gasteiger partial charge in [0.2, 0.25) is 0 Å². The lowest BCUT2D eigenvalue weighted by atomic mass is 10.2. The van der Waals surface area contributed by atoms with Gasteiger partial charge in [-0.25, -0.2) is 0 Å². The Labute approximate surface area is 145 Å². The molecule has 0 heterocycles. The largest absolute Gasteiger partial charge is 0.496 e. The molecule has 126 valence electrons. The van der Waals surface area contributed by atoms with Crippen molar-refractivity contribution in [3.8, 4) is 5.75 Å². The standard InChI is InChI=1S/C17H18ClN3O3/c1-21(2)13-6-4-5-11(9-13)16(22)19-20-17(23)14-8-7-12(18)10-15(14)24-3/h4-10H,1-3H3,(H,19,22)(H,20,23). The molecule has 2 N–H and O–H groups in total. The van der Waals surface area contributed by atoms with E-state index in [0.29, 0.717) is 16.3 Å². The number of anilines is 1. The van der Waals surface area contributed by atoms with Crippen LogP contribution in [0.25, 0.3) is 0 Å². The second kappa shape index (κ2) is 7.70. The normalized spacial score (nSPS) is 10.0. The summed E-state index contributed by atoms with van der Waals surface area (Å²) in [5.74, 6) is -0.593. The minimum atomic E-state index is -0.499. The van der Waals surface area contributed by atoms with Crippen molar-refractivity contribution < 1.29 is 14.3 Å². The lowest BCUT2D eigenvalue weighted by molar-refractivity contribution is 0.0845. The van der Waals surface area contributed by atoms with Crippen LogP contribution in [0.15, 0.2) is 42.5 Å². The van der Waals surface area contributed by atoms with Gasteiger partial charge in [0.25, 0.3) is 11.8 Å². The summed E-state index contributed by atoms with van der Waals surface area (Å²) in [6, 6.07) is 11.7. The highest BCUT2D eigenvalue weighted by Crippen LogP contribution is 2.22. The van der Waals surface area contributed by atoms with E-state index in [-0.39, 0.29) is 5.56 Å². The van der Waals surface area contributed by atoms with Crippen molar-refractivity contribution in [1.82, 2.24) is 10.9 Å². The molecule has 0 spiro atoms. The van der Waals surface area contributed by atoms with Crippen molar-refractivity contribution in [3.05, 3.63) is 58.6 Å². The van der Waals surface area contributed by atoms with Gasteiger partial charge in [-0.05, 0) is 36.4 Å². The van der Waals surface area contributed by atoms with Crippen LogP contribution in [0.5, 0.6) is 5.75 Å². The summed E-state index contributed by atoms with van der Waals surface area (Å²) in [5, 5.41) is 0.452. The van der Waals surface area contributed by atoms with E-state index in [4.69, 9.17) is 16.3 Å². The molecule has 6 nitrogen and oxygen atoms in total. The molecule has 0 atom stereocenters. The first-order valence-corrected chi connectivity index (χ1v) is 7.52. The molecule has 0 fully saturated rings. The van der Waals surface area contributed by atoms with E-state index in [2.05, 4.69) is 10.9 Å². The number of methoxy groups -OCH3 is 1. The summed E-state index contributed by atoms with van der Waals surface area (Å²) in [6.45, 7) is 0. The van der Waals surface area contributed by atoms with Crippen molar-refractivity contribution in [2.24, 2.45) is 0 Å². The number of amides is 2. The Morgan fingerprint density at radius 2 is 1.75 bits per heavy atom. The molecule has 2 amide bonds. The molecule has 0 saturated heterocycles. The number of nitrogens with zero attached hydrogens (tertiary/aromatic N) is 1. The summed E-state index contributed by atoms with van der Waals surface area (Å²) in [6.07, 6.45) is 0. The summed E-state index contributed by atoms with van der Waals surface area (Å²) in [7, 11) is 5.20. The van der Waals surface area contributed by atoms with E-state index in [1.54, 1.807) is 24.3 Å². The zero-order valence-corrected chi connectivity index (χ0v) is 14.3. The van der Waals surface area contributed by atoms with Gasteiger partial charge in [0, 0.05) is 30.4 Å². The van der Waals surface area contributed by atoms with E-state index in [1.807, 2.05) is 25.1 Å². The van der Waals surface area contributed by atoms with E-state index >= 15 is 0 Å². The Kier molecular flexibility index (Phi) is 5.65. The topological polar surface area (TPSA) is 70.7 Å². The fourth-order valence-corrected chi connectivity index (χ4v) is 2.19. The molecule has 24 heavy (non-hydrogen) atoms. The van der Waals surface area contributed by atoms with Crippen molar-refractivity contribution in [2.45, 2.75) is 0 Å². The lowest BCUT2D eigenvalue weighted by Gasteiger charge is -2.14. The molecule has 0 bridgehead atoms. The third-order valence-electron chi connectivity index (χ3n) is 3.32. The molecule has 0 aromatic heterocycles. The van der Waals surface area contributed by atoms with E-state index in [0.717, 1.165) is 5.69 Å². The summed E-state index contributed by atoms with van der Waals surface area (Å²) < 4.78 is 5.12. The average Bonchev–Trinajstić information content (AvgIpc) is 2.59. The monoisotopic (exact) mass is 347 g/mol. The second-order valence-corrected chi connectivity index (χ2v) is 5.63. The van der Waals surface area contributed by atoms with Crippen molar-refractivity contribution >= 4 is 29.1 Å². The number of hydrogen-bond donors (Lipinski definition) is 2. The Hall–Kier alpha value is -2.73. The van der Waals surface area contributed by atoms with Crippen LogP contribution in [0, 0.1) is 0 Å². The third-order valence-corrected chi connectivity index (χ3v) is 3.56. The van der Waals surface area contributed by atoms with Crippen LogP contribution in [-0.2, 0) is 0 Å². The first kappa shape index (κ1) is 17.6. The molecular weight excluding hydrogens is 330 g/mol. The molecule has 0 aliphatic carbocycles. The molecule has 7 heteroatoms. The predicted octanol–water partition coefficient (Wildman–Crippen LogP) is 2.49. The first-order chi connectivity index (χ1) is 11.4. The number of ether oxygens (including phenoxy) is 1. The van der Waals surface area contributed by atoms with Gasteiger partial charge in [-0.2, -0.15) is 0 Å². The summed E-state index contributed by atoms with van der Waals surface area (Å²) in [5.41, 5.74) is 6.33. The average molecular weight is 348 g/mol. The van der Waals surface area contributed by atoms with Crippen LogP contribution in [0.2, 0.25) is 5.02 Å². The molecule has 0 aliphatic rings. The number of hydrazine groups is 1. The lowest BCUT2D eigenvalue weighted by Crippen LogP contribution is -2.41. The van der Waals surface area contributed by atoms with Crippen LogP contribution >= 0.6 is 11.6 Å². The SMILES string of the molecule is COc1cc(Cl)ccc1C(=O)NNC(=O)c1cccc(N(C)C)c1. The van der Waals surface area contributed by atoms with Crippen LogP contribution < -0.4 is 20.5 Å². The molecular formula is C17H18ClN3O3. The van der Waals surface area contributed by atoms with Gasteiger partial charge < -0.3 is 9.64 Å². The molecule has 0 aliphatic heterocycles. The van der Waals surface area contributed by atoms with Gasteiger partial charge in [0.15, 0.2) is 0 Å².